The molecule has 3 N–H and O–H groups in total. The van der Waals surface area contributed by atoms with Crippen LogP contribution in [-0.4, -0.2) is 27.3 Å². The van der Waals surface area contributed by atoms with E-state index in [0.717, 1.165) is 5.56 Å². The van der Waals surface area contributed by atoms with Crippen molar-refractivity contribution in [1.29, 1.82) is 5.26 Å². The first kappa shape index (κ1) is 15.4. The number of nitrogens with two attached hydrogens (primary N) is 1. The van der Waals surface area contributed by atoms with E-state index in [1.807, 2.05) is 25.1 Å². The Morgan fingerprint density at radius 3 is 2.58 bits per heavy atom. The number of nitriles is 1. The van der Waals surface area contributed by atoms with Crippen LogP contribution in [-0.2, 0) is 10.0 Å². The topological polar surface area (TPSA) is 105 Å². The zero-order valence-electron chi connectivity index (χ0n) is 10.7. The van der Waals surface area contributed by atoms with Gasteiger partial charge in [0, 0.05) is 12.6 Å². The lowest BCUT2D eigenvalue weighted by molar-refractivity contribution is 0.368. The van der Waals surface area contributed by atoms with Gasteiger partial charge in [-0.3, -0.25) is 0 Å². The number of benzene rings is 1. The fourth-order valence-corrected chi connectivity index (χ4v) is 1.91. The average Bonchev–Trinajstić information content (AvgIpc) is 2.35. The highest BCUT2D eigenvalue weighted by atomic mass is 32.2. The Labute approximate surface area is 113 Å². The van der Waals surface area contributed by atoms with E-state index >= 15 is 0 Å². The number of hydrogen-bond acceptors (Lipinski definition) is 5. The second-order valence-corrected chi connectivity index (χ2v) is 5.79. The number of rotatable bonds is 7. The van der Waals surface area contributed by atoms with Crippen LogP contribution < -0.4 is 15.2 Å². The molecule has 1 aromatic rings. The Bertz CT molecular complexity index is 534. The van der Waals surface area contributed by atoms with Gasteiger partial charge in [-0.1, -0.05) is 12.1 Å². The molecule has 0 amide bonds. The fourth-order valence-electron chi connectivity index (χ4n) is 1.50. The summed E-state index contributed by atoms with van der Waals surface area (Å²) in [6.45, 7) is 2.24. The van der Waals surface area contributed by atoms with Crippen molar-refractivity contribution in [2.75, 3.05) is 18.9 Å². The Hall–Kier alpha value is -1.62. The molecule has 0 aliphatic heterocycles. The normalized spacial score (nSPS) is 12.7. The molecule has 6 nitrogen and oxygen atoms in total. The van der Waals surface area contributed by atoms with Crippen molar-refractivity contribution in [2.24, 2.45) is 5.14 Å². The molecular formula is C12H17N3O3S. The van der Waals surface area contributed by atoms with Crippen LogP contribution in [0.2, 0.25) is 0 Å². The van der Waals surface area contributed by atoms with Gasteiger partial charge >= 0.3 is 0 Å². The third-order valence-electron chi connectivity index (χ3n) is 2.52. The van der Waals surface area contributed by atoms with E-state index in [2.05, 4.69) is 5.32 Å². The van der Waals surface area contributed by atoms with Crippen molar-refractivity contribution in [3.8, 4) is 11.8 Å². The van der Waals surface area contributed by atoms with Crippen LogP contribution in [0.4, 0.5) is 0 Å². The molecule has 7 heteroatoms. The van der Waals surface area contributed by atoms with Gasteiger partial charge in [-0.25, -0.2) is 13.6 Å². The second kappa shape index (κ2) is 7.09. The maximum absolute atomic E-state index is 10.8. The molecule has 1 aromatic carbocycles. The number of ether oxygens (including phenoxy) is 1. The SMILES string of the molecule is CC(NCCS(N)(=O)=O)c1ccc(OCC#N)cc1. The van der Waals surface area contributed by atoms with Gasteiger partial charge < -0.3 is 10.1 Å². The predicted molar refractivity (Wildman–Crippen MR) is 71.9 cm³/mol. The number of nitrogens with zero attached hydrogens (tertiary/aromatic N) is 1. The Balaban J connectivity index is 2.49. The molecule has 1 unspecified atom stereocenters. The lowest BCUT2D eigenvalue weighted by Crippen LogP contribution is -2.28. The number of primary sulfonamides is 1. The van der Waals surface area contributed by atoms with Crippen LogP contribution in [0.15, 0.2) is 24.3 Å². The molecule has 1 rings (SSSR count). The highest BCUT2D eigenvalue weighted by molar-refractivity contribution is 7.89. The second-order valence-electron chi connectivity index (χ2n) is 4.06. The highest BCUT2D eigenvalue weighted by Crippen LogP contribution is 2.17. The largest absolute Gasteiger partial charge is 0.479 e. The van der Waals surface area contributed by atoms with Gasteiger partial charge in [0.15, 0.2) is 6.61 Å². The van der Waals surface area contributed by atoms with Gasteiger partial charge in [-0.2, -0.15) is 5.26 Å². The zero-order chi connectivity index (χ0) is 14.3. The van der Waals surface area contributed by atoms with Crippen LogP contribution in [0.1, 0.15) is 18.5 Å². The van der Waals surface area contributed by atoms with Crippen molar-refractivity contribution >= 4 is 10.0 Å². The van der Waals surface area contributed by atoms with Crippen LogP contribution >= 0.6 is 0 Å². The summed E-state index contributed by atoms with van der Waals surface area (Å²) in [6, 6.07) is 9.16. The van der Waals surface area contributed by atoms with Crippen molar-refractivity contribution in [3.63, 3.8) is 0 Å². The average molecular weight is 283 g/mol. The molecule has 1 atom stereocenters. The summed E-state index contributed by atoms with van der Waals surface area (Å²) in [6.07, 6.45) is 0. The lowest BCUT2D eigenvalue weighted by atomic mass is 10.1. The van der Waals surface area contributed by atoms with Gasteiger partial charge in [-0.15, -0.1) is 0 Å². The van der Waals surface area contributed by atoms with Crippen molar-refractivity contribution in [3.05, 3.63) is 29.8 Å². The summed E-state index contributed by atoms with van der Waals surface area (Å²) in [7, 11) is -3.43. The molecule has 0 spiro atoms. The Morgan fingerprint density at radius 1 is 1.42 bits per heavy atom. The van der Waals surface area contributed by atoms with Crippen LogP contribution in [0.3, 0.4) is 0 Å². The van der Waals surface area contributed by atoms with E-state index in [9.17, 15) is 8.42 Å². The van der Waals surface area contributed by atoms with Gasteiger partial charge in [0.1, 0.15) is 11.8 Å². The molecule has 0 fully saturated rings. The smallest absolute Gasteiger partial charge is 0.210 e. The first-order chi connectivity index (χ1) is 8.92. The standard InChI is InChI=1S/C12H17N3O3S/c1-10(15-7-9-19(14,16)17)11-2-4-12(5-3-11)18-8-6-13/h2-5,10,15H,7-9H2,1H3,(H2,14,16,17). The summed E-state index contributed by atoms with van der Waals surface area (Å²) >= 11 is 0. The zero-order valence-corrected chi connectivity index (χ0v) is 11.5. The lowest BCUT2D eigenvalue weighted by Gasteiger charge is -2.14. The first-order valence-corrected chi connectivity index (χ1v) is 7.47. The van der Waals surface area contributed by atoms with Gasteiger partial charge in [0.2, 0.25) is 10.0 Å². The number of sulfonamides is 1. The summed E-state index contributed by atoms with van der Waals surface area (Å²) in [5.41, 5.74) is 0.999. The first-order valence-electron chi connectivity index (χ1n) is 5.76. The molecule has 104 valence electrons. The molecule has 0 heterocycles. The molecule has 0 aromatic heterocycles. The predicted octanol–water partition coefficient (Wildman–Crippen LogP) is 0.528. The van der Waals surface area contributed by atoms with Crippen LogP contribution in [0.25, 0.3) is 0 Å². The van der Waals surface area contributed by atoms with Gasteiger partial charge in [0.25, 0.3) is 0 Å². The maximum Gasteiger partial charge on any atom is 0.210 e. The molecule has 0 aliphatic rings. The van der Waals surface area contributed by atoms with Crippen LogP contribution in [0.5, 0.6) is 5.75 Å². The fraction of sp³-hybridized carbons (Fsp3) is 0.417. The minimum absolute atomic E-state index is 0.00627. The molecule has 0 saturated heterocycles. The van der Waals surface area contributed by atoms with Gasteiger partial charge in [-0.05, 0) is 24.6 Å². The molecule has 19 heavy (non-hydrogen) atoms. The van der Waals surface area contributed by atoms with E-state index < -0.39 is 10.0 Å². The van der Waals surface area contributed by atoms with Crippen molar-refractivity contribution in [1.82, 2.24) is 5.32 Å². The van der Waals surface area contributed by atoms with E-state index in [-0.39, 0.29) is 18.4 Å². The van der Waals surface area contributed by atoms with Gasteiger partial charge in [0.05, 0.1) is 5.75 Å². The third kappa shape index (κ3) is 6.20. The Morgan fingerprint density at radius 2 is 2.05 bits per heavy atom. The van der Waals surface area contributed by atoms with E-state index in [4.69, 9.17) is 15.1 Å². The van der Waals surface area contributed by atoms with Crippen molar-refractivity contribution < 1.29 is 13.2 Å². The highest BCUT2D eigenvalue weighted by Gasteiger charge is 2.07. The monoisotopic (exact) mass is 283 g/mol. The summed E-state index contributed by atoms with van der Waals surface area (Å²) in [5.74, 6) is 0.530. The van der Waals surface area contributed by atoms with E-state index in [0.29, 0.717) is 12.3 Å². The quantitative estimate of drug-likeness (QED) is 0.759. The minimum atomic E-state index is -3.43. The third-order valence-corrected chi connectivity index (χ3v) is 3.29. The van der Waals surface area contributed by atoms with Crippen LogP contribution in [0, 0.1) is 11.3 Å². The summed E-state index contributed by atoms with van der Waals surface area (Å²) in [5, 5.41) is 16.4. The van der Waals surface area contributed by atoms with Crippen molar-refractivity contribution in [2.45, 2.75) is 13.0 Å². The minimum Gasteiger partial charge on any atom is -0.479 e. The summed E-state index contributed by atoms with van der Waals surface area (Å²) < 4.78 is 26.7. The number of hydrogen-bond donors (Lipinski definition) is 2. The van der Waals surface area contributed by atoms with E-state index in [1.54, 1.807) is 12.1 Å². The number of nitrogens with one attached hydrogen (secondary N) is 1. The molecule has 0 aliphatic carbocycles. The molecular weight excluding hydrogens is 266 g/mol. The molecule has 0 bridgehead atoms. The van der Waals surface area contributed by atoms with E-state index in [1.165, 1.54) is 0 Å². The summed E-state index contributed by atoms with van der Waals surface area (Å²) in [4.78, 5) is 0. The maximum atomic E-state index is 10.8. The molecule has 0 radical (unpaired) electrons. The molecule has 0 saturated carbocycles. The Kier molecular flexibility index (Phi) is 5.76.